The molecule has 0 amide bonds. The molecule has 0 saturated carbocycles. The average Bonchev–Trinajstić information content (AvgIpc) is 2.36. The molecule has 0 fully saturated rings. The van der Waals surface area contributed by atoms with Crippen LogP contribution in [0.4, 0.5) is 0 Å². The van der Waals surface area contributed by atoms with Gasteiger partial charge in [0.1, 0.15) is 0 Å². The molecule has 0 aliphatic heterocycles. The minimum Gasteiger partial charge on any atom is -0.462 e. The van der Waals surface area contributed by atoms with E-state index in [2.05, 4.69) is 26.1 Å². The molecule has 0 radical (unpaired) electrons. The Balaban J connectivity index is 2.22. The van der Waals surface area contributed by atoms with E-state index in [1.807, 2.05) is 31.2 Å². The zero-order chi connectivity index (χ0) is 15.0. The monoisotopic (exact) mass is 275 g/mol. The molecule has 0 spiro atoms. The standard InChI is InChI=1S/C17H25NO2/c1-14-6-8-15(9-7-14)10-11-16(19)20-13-5-12-18-17(2,3)4/h6-11,18H,5,12-13H2,1-4H3/b11-10+. The first-order chi connectivity index (χ1) is 9.37. The van der Waals surface area contributed by atoms with Crippen LogP contribution in [-0.4, -0.2) is 24.7 Å². The molecule has 0 heterocycles. The van der Waals surface area contributed by atoms with Gasteiger partial charge in [-0.25, -0.2) is 4.79 Å². The van der Waals surface area contributed by atoms with Crippen molar-refractivity contribution in [1.29, 1.82) is 0 Å². The number of esters is 1. The highest BCUT2D eigenvalue weighted by Gasteiger charge is 2.07. The summed E-state index contributed by atoms with van der Waals surface area (Å²) in [6, 6.07) is 7.99. The second-order valence-electron chi connectivity index (χ2n) is 5.94. The van der Waals surface area contributed by atoms with Gasteiger partial charge in [0.2, 0.25) is 0 Å². The van der Waals surface area contributed by atoms with E-state index >= 15 is 0 Å². The summed E-state index contributed by atoms with van der Waals surface area (Å²) in [6.45, 7) is 9.67. The lowest BCUT2D eigenvalue weighted by Crippen LogP contribution is -2.36. The number of carbonyl (C=O) groups is 1. The zero-order valence-corrected chi connectivity index (χ0v) is 12.9. The number of aryl methyl sites for hydroxylation is 1. The van der Waals surface area contributed by atoms with Crippen molar-refractivity contribution in [1.82, 2.24) is 5.32 Å². The van der Waals surface area contributed by atoms with Crippen LogP contribution in [0.2, 0.25) is 0 Å². The van der Waals surface area contributed by atoms with E-state index in [0.29, 0.717) is 6.61 Å². The van der Waals surface area contributed by atoms with Crippen molar-refractivity contribution in [2.24, 2.45) is 0 Å². The number of ether oxygens (including phenoxy) is 1. The Morgan fingerprint density at radius 2 is 1.90 bits per heavy atom. The molecule has 1 rings (SSSR count). The average molecular weight is 275 g/mol. The summed E-state index contributed by atoms with van der Waals surface area (Å²) >= 11 is 0. The highest BCUT2D eigenvalue weighted by molar-refractivity contribution is 5.87. The van der Waals surface area contributed by atoms with Crippen LogP contribution < -0.4 is 5.32 Å². The van der Waals surface area contributed by atoms with Crippen molar-refractivity contribution in [2.75, 3.05) is 13.2 Å². The Morgan fingerprint density at radius 1 is 1.25 bits per heavy atom. The molecule has 0 aromatic heterocycles. The van der Waals surface area contributed by atoms with Crippen molar-refractivity contribution in [2.45, 2.75) is 39.7 Å². The molecule has 0 aliphatic rings. The Bertz CT molecular complexity index is 441. The molecule has 3 heteroatoms. The molecule has 20 heavy (non-hydrogen) atoms. The summed E-state index contributed by atoms with van der Waals surface area (Å²) < 4.78 is 5.14. The molecule has 1 aromatic rings. The number of carbonyl (C=O) groups excluding carboxylic acids is 1. The van der Waals surface area contributed by atoms with Crippen molar-refractivity contribution in [3.63, 3.8) is 0 Å². The second-order valence-corrected chi connectivity index (χ2v) is 5.94. The van der Waals surface area contributed by atoms with Crippen molar-refractivity contribution >= 4 is 12.0 Å². The van der Waals surface area contributed by atoms with Crippen LogP contribution in [0, 0.1) is 6.92 Å². The maximum atomic E-state index is 11.5. The third-order valence-corrected chi connectivity index (χ3v) is 2.71. The predicted molar refractivity (Wildman–Crippen MR) is 83.5 cm³/mol. The van der Waals surface area contributed by atoms with Gasteiger partial charge in [-0.1, -0.05) is 29.8 Å². The van der Waals surface area contributed by atoms with Crippen LogP contribution >= 0.6 is 0 Å². The molecule has 0 saturated heterocycles. The largest absolute Gasteiger partial charge is 0.462 e. The maximum absolute atomic E-state index is 11.5. The number of rotatable bonds is 6. The molecule has 3 nitrogen and oxygen atoms in total. The summed E-state index contributed by atoms with van der Waals surface area (Å²) in [5, 5.41) is 3.35. The molecule has 0 unspecified atom stereocenters. The molecule has 0 bridgehead atoms. The second kappa shape index (κ2) is 7.85. The fourth-order valence-electron chi connectivity index (χ4n) is 1.60. The Labute approximate surface area is 122 Å². The lowest BCUT2D eigenvalue weighted by molar-refractivity contribution is -0.137. The van der Waals surface area contributed by atoms with Crippen LogP contribution in [0.5, 0.6) is 0 Å². The topological polar surface area (TPSA) is 38.3 Å². The number of nitrogens with one attached hydrogen (secondary N) is 1. The van der Waals surface area contributed by atoms with Gasteiger partial charge in [-0.15, -0.1) is 0 Å². The summed E-state index contributed by atoms with van der Waals surface area (Å²) in [4.78, 5) is 11.5. The minimum atomic E-state index is -0.290. The molecular formula is C17H25NO2. The number of benzene rings is 1. The highest BCUT2D eigenvalue weighted by Crippen LogP contribution is 2.05. The summed E-state index contributed by atoms with van der Waals surface area (Å²) in [5.74, 6) is -0.290. The molecule has 0 atom stereocenters. The van der Waals surface area contributed by atoms with Gasteiger partial charge in [-0.2, -0.15) is 0 Å². The molecule has 0 aliphatic carbocycles. The van der Waals surface area contributed by atoms with Gasteiger partial charge in [0.05, 0.1) is 6.61 Å². The van der Waals surface area contributed by atoms with E-state index in [4.69, 9.17) is 4.74 Å². The third kappa shape index (κ3) is 7.74. The lowest BCUT2D eigenvalue weighted by atomic mass is 10.1. The van der Waals surface area contributed by atoms with Crippen LogP contribution in [-0.2, 0) is 9.53 Å². The first kappa shape index (κ1) is 16.4. The lowest BCUT2D eigenvalue weighted by Gasteiger charge is -2.20. The van der Waals surface area contributed by atoms with E-state index in [-0.39, 0.29) is 11.5 Å². The van der Waals surface area contributed by atoms with Gasteiger partial charge in [0.25, 0.3) is 0 Å². The Kier molecular flexibility index (Phi) is 6.46. The molecule has 1 N–H and O–H groups in total. The fraction of sp³-hybridized carbons (Fsp3) is 0.471. The zero-order valence-electron chi connectivity index (χ0n) is 12.9. The van der Waals surface area contributed by atoms with Gasteiger partial charge in [-0.3, -0.25) is 0 Å². The number of hydrogen-bond acceptors (Lipinski definition) is 3. The molecular weight excluding hydrogens is 250 g/mol. The van der Waals surface area contributed by atoms with Gasteiger partial charge in [0, 0.05) is 11.6 Å². The van der Waals surface area contributed by atoms with E-state index < -0.39 is 0 Å². The molecule has 110 valence electrons. The highest BCUT2D eigenvalue weighted by atomic mass is 16.5. The van der Waals surface area contributed by atoms with Crippen LogP contribution in [0.3, 0.4) is 0 Å². The predicted octanol–water partition coefficient (Wildman–Crippen LogP) is 3.33. The van der Waals surface area contributed by atoms with Gasteiger partial charge in [0.15, 0.2) is 0 Å². The quantitative estimate of drug-likeness (QED) is 0.491. The minimum absolute atomic E-state index is 0.107. The van der Waals surface area contributed by atoms with E-state index in [9.17, 15) is 4.79 Å². The third-order valence-electron chi connectivity index (χ3n) is 2.71. The van der Waals surface area contributed by atoms with E-state index in [1.54, 1.807) is 6.08 Å². The van der Waals surface area contributed by atoms with Crippen LogP contribution in [0.15, 0.2) is 30.3 Å². The van der Waals surface area contributed by atoms with Crippen molar-refractivity contribution in [3.8, 4) is 0 Å². The van der Waals surface area contributed by atoms with Crippen LogP contribution in [0.25, 0.3) is 6.08 Å². The Morgan fingerprint density at radius 3 is 2.50 bits per heavy atom. The first-order valence-electron chi connectivity index (χ1n) is 7.03. The fourth-order valence-corrected chi connectivity index (χ4v) is 1.60. The van der Waals surface area contributed by atoms with E-state index in [0.717, 1.165) is 18.5 Å². The van der Waals surface area contributed by atoms with Crippen molar-refractivity contribution in [3.05, 3.63) is 41.5 Å². The van der Waals surface area contributed by atoms with Gasteiger partial charge >= 0.3 is 5.97 Å². The number of hydrogen-bond donors (Lipinski definition) is 1. The maximum Gasteiger partial charge on any atom is 0.330 e. The summed E-state index contributed by atoms with van der Waals surface area (Å²) in [5.41, 5.74) is 2.31. The van der Waals surface area contributed by atoms with Gasteiger partial charge in [-0.05, 0) is 52.3 Å². The van der Waals surface area contributed by atoms with Crippen molar-refractivity contribution < 1.29 is 9.53 Å². The SMILES string of the molecule is Cc1ccc(/C=C/C(=O)OCCCNC(C)(C)C)cc1. The molecule has 1 aromatic carbocycles. The summed E-state index contributed by atoms with van der Waals surface area (Å²) in [7, 11) is 0. The summed E-state index contributed by atoms with van der Waals surface area (Å²) in [6.07, 6.45) is 4.07. The Hall–Kier alpha value is -1.61. The first-order valence-corrected chi connectivity index (χ1v) is 7.03. The van der Waals surface area contributed by atoms with Gasteiger partial charge < -0.3 is 10.1 Å². The normalized spacial score (nSPS) is 11.8. The van der Waals surface area contributed by atoms with Crippen LogP contribution in [0.1, 0.15) is 38.3 Å². The smallest absolute Gasteiger partial charge is 0.330 e. The van der Waals surface area contributed by atoms with E-state index in [1.165, 1.54) is 11.6 Å².